The van der Waals surface area contributed by atoms with E-state index in [0.29, 0.717) is 31.0 Å². The molecule has 1 aromatic heterocycles. The maximum atomic E-state index is 13.6. The summed E-state index contributed by atoms with van der Waals surface area (Å²) in [7, 11) is 1.88. The lowest BCUT2D eigenvalue weighted by Crippen LogP contribution is -2.30. The van der Waals surface area contributed by atoms with E-state index in [9.17, 15) is 18.0 Å². The number of hydrogen-bond donors (Lipinski definition) is 0. The summed E-state index contributed by atoms with van der Waals surface area (Å²) in [5.41, 5.74) is 0.143. The van der Waals surface area contributed by atoms with Gasteiger partial charge in [0.25, 0.3) is 5.91 Å². The Morgan fingerprint density at radius 1 is 1.07 bits per heavy atom. The van der Waals surface area contributed by atoms with Crippen LogP contribution in [0, 0.1) is 0 Å². The van der Waals surface area contributed by atoms with Gasteiger partial charge in [-0.05, 0) is 50.8 Å². The molecule has 2 saturated heterocycles. The maximum absolute atomic E-state index is 13.6. The van der Waals surface area contributed by atoms with E-state index in [1.807, 2.05) is 37.2 Å². The van der Waals surface area contributed by atoms with E-state index in [0.717, 1.165) is 56.0 Å². The Morgan fingerprint density at radius 2 is 1.83 bits per heavy atom. The fourth-order valence-corrected chi connectivity index (χ4v) is 4.88. The van der Waals surface area contributed by atoms with E-state index in [1.165, 1.54) is 0 Å². The van der Waals surface area contributed by atoms with Gasteiger partial charge in [-0.15, -0.1) is 0 Å². The lowest BCUT2D eigenvalue weighted by Gasteiger charge is -2.21. The molecule has 41 heavy (non-hydrogen) atoms. The molecule has 0 N–H and O–H groups in total. The molecule has 2 aromatic rings. The summed E-state index contributed by atoms with van der Waals surface area (Å²) >= 11 is 0. The van der Waals surface area contributed by atoms with Crippen LogP contribution in [0.25, 0.3) is 0 Å². The zero-order valence-electron chi connectivity index (χ0n) is 24.3. The molecule has 3 heterocycles. The SMILES string of the molecule is C/C(COc1ccc(C(F)(F)F)cc1C(=O)N=c1cc(C(C)(C)C)n(C)n1C[C@H]1CCCO1)=N\OC1CCCCO1. The summed E-state index contributed by atoms with van der Waals surface area (Å²) in [5.74, 6) is -0.882. The van der Waals surface area contributed by atoms with Crippen LogP contribution in [-0.4, -0.2) is 53.2 Å². The fraction of sp³-hybridized carbons (Fsp3) is 0.621. The Labute approximate surface area is 237 Å². The molecule has 226 valence electrons. The molecule has 1 unspecified atom stereocenters. The van der Waals surface area contributed by atoms with Gasteiger partial charge in [-0.25, -0.2) is 0 Å². The summed E-state index contributed by atoms with van der Waals surface area (Å²) in [6.45, 7) is 9.40. The lowest BCUT2D eigenvalue weighted by atomic mass is 9.92. The van der Waals surface area contributed by atoms with Gasteiger partial charge < -0.3 is 19.0 Å². The third-order valence-corrected chi connectivity index (χ3v) is 7.06. The molecule has 4 rings (SSSR count). The number of hydrogen-bond acceptors (Lipinski definition) is 6. The number of carbonyl (C=O) groups excluding carboxylic acids is 1. The summed E-state index contributed by atoms with van der Waals surface area (Å²) in [6, 6.07) is 4.58. The molecule has 2 aliphatic rings. The van der Waals surface area contributed by atoms with E-state index in [2.05, 4.69) is 10.1 Å². The standard InChI is InChI=1S/C29H39F3N4O5/c1-19(34-41-26-10-6-7-13-39-26)18-40-23-12-11-20(29(30,31)32)15-22(23)27(37)33-25-16-24(28(2,3)4)35(5)36(25)17-21-9-8-14-38-21/h11-12,15-16,21,26H,6-10,13-14,17-18H2,1-5H3/b33-25?,34-19+/t21-,26?/m1/s1. The molecule has 0 radical (unpaired) electrons. The Kier molecular flexibility index (Phi) is 9.63. The van der Waals surface area contributed by atoms with E-state index in [1.54, 1.807) is 13.0 Å². The molecule has 9 nitrogen and oxygen atoms in total. The Morgan fingerprint density at radius 3 is 2.46 bits per heavy atom. The highest BCUT2D eigenvalue weighted by atomic mass is 19.4. The van der Waals surface area contributed by atoms with Crippen LogP contribution in [0.15, 0.2) is 34.4 Å². The van der Waals surface area contributed by atoms with Crippen molar-refractivity contribution in [1.82, 2.24) is 9.36 Å². The van der Waals surface area contributed by atoms with Crippen LogP contribution >= 0.6 is 0 Å². The van der Waals surface area contributed by atoms with Crippen molar-refractivity contribution in [2.45, 2.75) is 90.3 Å². The predicted octanol–water partition coefficient (Wildman–Crippen LogP) is 5.36. The molecule has 12 heteroatoms. The number of nitrogens with zero attached hydrogens (tertiary/aromatic N) is 4. The van der Waals surface area contributed by atoms with Crippen LogP contribution in [0.4, 0.5) is 13.2 Å². The van der Waals surface area contributed by atoms with E-state index < -0.39 is 23.9 Å². The minimum atomic E-state index is -4.65. The molecular formula is C29H39F3N4O5. The van der Waals surface area contributed by atoms with Gasteiger partial charge in [-0.1, -0.05) is 25.9 Å². The fourth-order valence-electron chi connectivity index (χ4n) is 4.88. The minimum absolute atomic E-state index is 0.0344. The highest BCUT2D eigenvalue weighted by Gasteiger charge is 2.32. The highest BCUT2D eigenvalue weighted by Crippen LogP contribution is 2.33. The van der Waals surface area contributed by atoms with Gasteiger partial charge in [0, 0.05) is 37.3 Å². The first kappa shape index (κ1) is 30.8. The van der Waals surface area contributed by atoms with Gasteiger partial charge >= 0.3 is 6.18 Å². The Bertz CT molecular complexity index is 1310. The van der Waals surface area contributed by atoms with E-state index in [-0.39, 0.29) is 29.4 Å². The molecule has 0 spiro atoms. The maximum Gasteiger partial charge on any atom is 0.416 e. The number of ether oxygens (including phenoxy) is 3. The quantitative estimate of drug-likeness (QED) is 0.310. The average molecular weight is 581 g/mol. The molecule has 2 fully saturated rings. The van der Waals surface area contributed by atoms with Crippen LogP contribution in [0.2, 0.25) is 0 Å². The monoisotopic (exact) mass is 580 g/mol. The second kappa shape index (κ2) is 12.8. The number of oxime groups is 1. The third-order valence-electron chi connectivity index (χ3n) is 7.06. The second-order valence-corrected chi connectivity index (χ2v) is 11.5. The molecule has 2 aliphatic heterocycles. The summed E-state index contributed by atoms with van der Waals surface area (Å²) in [6.07, 6.45) is -0.643. The van der Waals surface area contributed by atoms with Crippen molar-refractivity contribution in [2.24, 2.45) is 17.2 Å². The van der Waals surface area contributed by atoms with Crippen LogP contribution in [0.5, 0.6) is 5.75 Å². The van der Waals surface area contributed by atoms with Gasteiger partial charge in [0.1, 0.15) is 12.4 Å². The normalized spacial score (nSPS) is 20.9. The first-order valence-corrected chi connectivity index (χ1v) is 14.0. The summed E-state index contributed by atoms with van der Waals surface area (Å²) < 4.78 is 61.6. The van der Waals surface area contributed by atoms with Crippen LogP contribution in [-0.2, 0) is 39.5 Å². The van der Waals surface area contributed by atoms with Crippen molar-refractivity contribution in [3.63, 3.8) is 0 Å². The van der Waals surface area contributed by atoms with E-state index >= 15 is 0 Å². The molecule has 0 bridgehead atoms. The average Bonchev–Trinajstić information content (AvgIpc) is 3.54. The zero-order valence-corrected chi connectivity index (χ0v) is 24.3. The van der Waals surface area contributed by atoms with Crippen molar-refractivity contribution in [2.75, 3.05) is 19.8 Å². The number of aromatic nitrogens is 2. The summed E-state index contributed by atoms with van der Waals surface area (Å²) in [4.78, 5) is 23.2. The lowest BCUT2D eigenvalue weighted by molar-refractivity contribution is -0.162. The first-order valence-electron chi connectivity index (χ1n) is 14.0. The van der Waals surface area contributed by atoms with Gasteiger partial charge in [-0.2, -0.15) is 18.2 Å². The van der Waals surface area contributed by atoms with Gasteiger partial charge in [0.2, 0.25) is 6.29 Å². The molecular weight excluding hydrogens is 541 g/mol. The van der Waals surface area contributed by atoms with E-state index in [4.69, 9.17) is 19.0 Å². The number of rotatable bonds is 8. The van der Waals surface area contributed by atoms with Crippen molar-refractivity contribution in [3.05, 3.63) is 46.6 Å². The topological polar surface area (TPSA) is 88.6 Å². The van der Waals surface area contributed by atoms with Crippen molar-refractivity contribution in [3.8, 4) is 5.75 Å². The molecule has 1 aromatic carbocycles. The smallest absolute Gasteiger partial charge is 0.416 e. The minimum Gasteiger partial charge on any atom is -0.487 e. The Hall–Kier alpha value is -3.12. The predicted molar refractivity (Wildman–Crippen MR) is 146 cm³/mol. The van der Waals surface area contributed by atoms with Gasteiger partial charge in [0.15, 0.2) is 5.49 Å². The van der Waals surface area contributed by atoms with Crippen molar-refractivity contribution in [1.29, 1.82) is 0 Å². The number of carbonyl (C=O) groups is 1. The zero-order chi connectivity index (χ0) is 29.8. The second-order valence-electron chi connectivity index (χ2n) is 11.5. The van der Waals surface area contributed by atoms with Crippen LogP contribution in [0.1, 0.15) is 81.4 Å². The van der Waals surface area contributed by atoms with Crippen molar-refractivity contribution >= 4 is 11.6 Å². The molecule has 1 amide bonds. The number of benzene rings is 1. The molecule has 2 atom stereocenters. The summed E-state index contributed by atoms with van der Waals surface area (Å²) in [5, 5.41) is 4.02. The largest absolute Gasteiger partial charge is 0.487 e. The van der Waals surface area contributed by atoms with Crippen LogP contribution in [0.3, 0.4) is 0 Å². The number of halogens is 3. The number of alkyl halides is 3. The molecule has 0 aliphatic carbocycles. The highest BCUT2D eigenvalue weighted by molar-refractivity contribution is 5.98. The van der Waals surface area contributed by atoms with Crippen LogP contribution < -0.4 is 10.2 Å². The Balaban J connectivity index is 1.65. The third kappa shape index (κ3) is 8.00. The first-order chi connectivity index (χ1) is 19.3. The van der Waals surface area contributed by atoms with Crippen molar-refractivity contribution < 1.29 is 37.0 Å². The molecule has 0 saturated carbocycles. The number of amides is 1. The van der Waals surface area contributed by atoms with Gasteiger partial charge in [0.05, 0.1) is 36.1 Å². The van der Waals surface area contributed by atoms with Gasteiger partial charge in [-0.3, -0.25) is 14.2 Å².